The highest BCUT2D eigenvalue weighted by Crippen LogP contribution is 2.14. The number of hydrogen-bond donors (Lipinski definition) is 1. The smallest absolute Gasteiger partial charge is 0.303 e. The molecule has 1 aromatic rings. The highest BCUT2D eigenvalue weighted by Gasteiger charge is 1.97. The minimum absolute atomic E-state index is 0.151. The molecule has 0 atom stereocenters. The monoisotopic (exact) mass is 276 g/mol. The quantitative estimate of drug-likeness (QED) is 0.639. The van der Waals surface area contributed by atoms with Gasteiger partial charge in [0, 0.05) is 6.42 Å². The van der Waals surface area contributed by atoms with Gasteiger partial charge in [-0.25, -0.2) is 0 Å². The van der Waals surface area contributed by atoms with Crippen LogP contribution in [0.15, 0.2) is 30.3 Å². The summed E-state index contributed by atoms with van der Waals surface area (Å²) in [5, 5.41) is 8.52. The lowest BCUT2D eigenvalue weighted by atomic mass is 10.1. The molecule has 0 bridgehead atoms. The van der Waals surface area contributed by atoms with Crippen molar-refractivity contribution in [2.24, 2.45) is 0 Å². The van der Waals surface area contributed by atoms with Gasteiger partial charge in [0.25, 0.3) is 0 Å². The molecule has 20 heavy (non-hydrogen) atoms. The highest BCUT2D eigenvalue weighted by molar-refractivity contribution is 5.66. The predicted molar refractivity (Wildman–Crippen MR) is 82.0 cm³/mol. The van der Waals surface area contributed by atoms with Crippen LogP contribution in [0.3, 0.4) is 0 Å². The lowest BCUT2D eigenvalue weighted by Crippen LogP contribution is -2.01. The third-order valence-electron chi connectivity index (χ3n) is 2.97. The van der Waals surface area contributed by atoms with Crippen LogP contribution in [0.4, 0.5) is 0 Å². The molecule has 0 aliphatic heterocycles. The fourth-order valence-electron chi connectivity index (χ4n) is 1.82. The Balaban J connectivity index is 2.27. The first-order valence-corrected chi connectivity index (χ1v) is 7.33. The summed E-state index contributed by atoms with van der Waals surface area (Å²) in [6.45, 7) is 2.65. The number of carboxylic acid groups (broad SMARTS) is 1. The molecule has 0 amide bonds. The number of hydrogen-bond acceptors (Lipinski definition) is 2. The van der Waals surface area contributed by atoms with Crippen LogP contribution in [0.5, 0.6) is 5.75 Å². The van der Waals surface area contributed by atoms with Gasteiger partial charge < -0.3 is 9.84 Å². The molecular formula is C17H24O3. The first-order valence-electron chi connectivity index (χ1n) is 7.33. The highest BCUT2D eigenvalue weighted by atomic mass is 16.5. The van der Waals surface area contributed by atoms with Crippen molar-refractivity contribution in [3.63, 3.8) is 0 Å². The second kappa shape index (κ2) is 10.1. The Morgan fingerprint density at radius 3 is 2.60 bits per heavy atom. The van der Waals surface area contributed by atoms with E-state index in [9.17, 15) is 4.79 Å². The Morgan fingerprint density at radius 2 is 1.95 bits per heavy atom. The normalized spacial score (nSPS) is 10.8. The number of unbranched alkanes of at least 4 members (excludes halogenated alkanes) is 3. The molecule has 0 aliphatic rings. The molecule has 0 saturated carbocycles. The van der Waals surface area contributed by atoms with Crippen LogP contribution < -0.4 is 4.74 Å². The van der Waals surface area contributed by atoms with Gasteiger partial charge in [-0.05, 0) is 37.0 Å². The van der Waals surface area contributed by atoms with Crippen molar-refractivity contribution in [1.29, 1.82) is 0 Å². The molecule has 1 N–H and O–H groups in total. The summed E-state index contributed by atoms with van der Waals surface area (Å²) in [5.41, 5.74) is 1.17. The van der Waals surface area contributed by atoms with Gasteiger partial charge >= 0.3 is 5.97 Å². The Bertz CT molecular complexity index is 407. The molecule has 0 aromatic heterocycles. The molecule has 0 aliphatic carbocycles. The number of rotatable bonds is 10. The number of aliphatic carboxylic acids is 1. The van der Waals surface area contributed by atoms with Crippen molar-refractivity contribution < 1.29 is 14.6 Å². The summed E-state index contributed by atoms with van der Waals surface area (Å²) in [6.07, 6.45) is 9.93. The lowest BCUT2D eigenvalue weighted by molar-refractivity contribution is -0.137. The van der Waals surface area contributed by atoms with E-state index in [1.165, 1.54) is 24.8 Å². The Labute approximate surface area is 121 Å². The average Bonchev–Trinajstić information content (AvgIpc) is 2.44. The second-order valence-corrected chi connectivity index (χ2v) is 4.81. The van der Waals surface area contributed by atoms with Crippen LogP contribution in [-0.4, -0.2) is 17.7 Å². The van der Waals surface area contributed by atoms with E-state index in [1.54, 1.807) is 0 Å². The summed E-state index contributed by atoms with van der Waals surface area (Å²) in [4.78, 5) is 10.4. The minimum atomic E-state index is -0.780. The molecule has 3 nitrogen and oxygen atoms in total. The summed E-state index contributed by atoms with van der Waals surface area (Å²) in [5.74, 6) is 0.00989. The van der Waals surface area contributed by atoms with Crippen molar-refractivity contribution in [3.8, 4) is 5.75 Å². The van der Waals surface area contributed by atoms with E-state index in [0.717, 1.165) is 12.2 Å². The van der Waals surface area contributed by atoms with Gasteiger partial charge in [-0.2, -0.15) is 0 Å². The van der Waals surface area contributed by atoms with Crippen molar-refractivity contribution in [2.45, 2.75) is 45.4 Å². The summed E-state index contributed by atoms with van der Waals surface area (Å²) >= 11 is 0. The molecule has 0 heterocycles. The Kier molecular flexibility index (Phi) is 8.20. The van der Waals surface area contributed by atoms with Crippen LogP contribution in [0.2, 0.25) is 0 Å². The van der Waals surface area contributed by atoms with E-state index >= 15 is 0 Å². The van der Waals surface area contributed by atoms with E-state index in [2.05, 4.69) is 19.1 Å². The summed E-state index contributed by atoms with van der Waals surface area (Å²) in [6, 6.07) is 7.88. The molecule has 0 saturated heterocycles. The summed E-state index contributed by atoms with van der Waals surface area (Å²) < 4.78 is 5.48. The van der Waals surface area contributed by atoms with Crippen LogP contribution in [0.25, 0.3) is 6.08 Å². The van der Waals surface area contributed by atoms with E-state index in [-0.39, 0.29) is 6.42 Å². The van der Waals surface area contributed by atoms with Crippen LogP contribution >= 0.6 is 0 Å². The number of carboxylic acids is 1. The topological polar surface area (TPSA) is 46.5 Å². The van der Waals surface area contributed by atoms with Crippen molar-refractivity contribution in [1.82, 2.24) is 0 Å². The zero-order chi connectivity index (χ0) is 14.6. The minimum Gasteiger partial charge on any atom is -0.494 e. The largest absolute Gasteiger partial charge is 0.494 e. The standard InChI is InChI=1S/C17H24O3/c1-2-3-4-5-6-8-15-10-12-16(13-11-15)20-14-7-9-17(18)19/h6,8,10-13H,2-5,7,9,14H2,1H3,(H,18,19)/b8-6+. The molecular weight excluding hydrogens is 252 g/mol. The van der Waals surface area contributed by atoms with Crippen molar-refractivity contribution in [2.75, 3.05) is 6.61 Å². The average molecular weight is 276 g/mol. The first kappa shape index (κ1) is 16.3. The maximum absolute atomic E-state index is 10.4. The maximum atomic E-state index is 10.4. The van der Waals surface area contributed by atoms with E-state index in [1.807, 2.05) is 24.3 Å². The summed E-state index contributed by atoms with van der Waals surface area (Å²) in [7, 11) is 0. The number of benzene rings is 1. The molecule has 110 valence electrons. The SMILES string of the molecule is CCCCC/C=C/c1ccc(OCCCC(=O)O)cc1. The third kappa shape index (κ3) is 7.62. The van der Waals surface area contributed by atoms with Gasteiger partial charge in [-0.15, -0.1) is 0 Å². The molecule has 0 radical (unpaired) electrons. The fraction of sp³-hybridized carbons (Fsp3) is 0.471. The zero-order valence-electron chi connectivity index (χ0n) is 12.2. The van der Waals surface area contributed by atoms with Gasteiger partial charge in [0.2, 0.25) is 0 Å². The lowest BCUT2D eigenvalue weighted by Gasteiger charge is -2.05. The van der Waals surface area contributed by atoms with Crippen LogP contribution in [-0.2, 0) is 4.79 Å². The Hall–Kier alpha value is -1.77. The molecule has 0 fully saturated rings. The number of allylic oxidation sites excluding steroid dienone is 1. The number of ether oxygens (including phenoxy) is 1. The van der Waals surface area contributed by atoms with Gasteiger partial charge in [0.05, 0.1) is 6.61 Å². The number of carbonyl (C=O) groups is 1. The van der Waals surface area contributed by atoms with Gasteiger partial charge in [-0.3, -0.25) is 4.79 Å². The van der Waals surface area contributed by atoms with Gasteiger partial charge in [0.15, 0.2) is 0 Å². The third-order valence-corrected chi connectivity index (χ3v) is 2.97. The van der Waals surface area contributed by atoms with Crippen LogP contribution in [0, 0.1) is 0 Å². The van der Waals surface area contributed by atoms with Crippen molar-refractivity contribution in [3.05, 3.63) is 35.9 Å². The van der Waals surface area contributed by atoms with Crippen LogP contribution in [0.1, 0.15) is 51.0 Å². The molecule has 1 aromatic carbocycles. The van der Waals surface area contributed by atoms with Gasteiger partial charge in [-0.1, -0.05) is 44.1 Å². The molecule has 3 heteroatoms. The predicted octanol–water partition coefficient (Wildman–Crippen LogP) is 4.52. The molecule has 1 rings (SSSR count). The fourth-order valence-corrected chi connectivity index (χ4v) is 1.82. The maximum Gasteiger partial charge on any atom is 0.303 e. The van der Waals surface area contributed by atoms with E-state index in [4.69, 9.17) is 9.84 Å². The first-order chi connectivity index (χ1) is 9.72. The van der Waals surface area contributed by atoms with E-state index < -0.39 is 5.97 Å². The zero-order valence-corrected chi connectivity index (χ0v) is 12.2. The van der Waals surface area contributed by atoms with Crippen molar-refractivity contribution >= 4 is 12.0 Å². The molecule has 0 spiro atoms. The second-order valence-electron chi connectivity index (χ2n) is 4.81. The van der Waals surface area contributed by atoms with E-state index in [0.29, 0.717) is 13.0 Å². The molecule has 0 unspecified atom stereocenters. The van der Waals surface area contributed by atoms with Gasteiger partial charge in [0.1, 0.15) is 5.75 Å². The Morgan fingerprint density at radius 1 is 1.20 bits per heavy atom.